The summed E-state index contributed by atoms with van der Waals surface area (Å²) in [5.41, 5.74) is 0.196. The van der Waals surface area contributed by atoms with Crippen molar-refractivity contribution in [3.63, 3.8) is 0 Å². The number of hydrogen-bond donors (Lipinski definition) is 1. The van der Waals surface area contributed by atoms with Crippen molar-refractivity contribution in [2.75, 3.05) is 26.7 Å². The van der Waals surface area contributed by atoms with Crippen molar-refractivity contribution in [1.29, 1.82) is 0 Å². The Kier molecular flexibility index (Phi) is 4.36. The lowest BCUT2D eigenvalue weighted by Gasteiger charge is -2.16. The molecule has 23 heavy (non-hydrogen) atoms. The van der Waals surface area contributed by atoms with Gasteiger partial charge in [0, 0.05) is 19.0 Å². The van der Waals surface area contributed by atoms with Crippen LogP contribution in [-0.4, -0.2) is 37.5 Å². The molecule has 1 aliphatic carbocycles. The number of alkyl halides is 3. The topological polar surface area (TPSA) is 32.3 Å². The average molecular weight is 326 g/mol. The molecule has 2 fully saturated rings. The zero-order chi connectivity index (χ0) is 16.6. The molecule has 1 saturated heterocycles. The summed E-state index contributed by atoms with van der Waals surface area (Å²) in [5, 5.41) is 3.14. The fourth-order valence-electron chi connectivity index (χ4n) is 3.48. The van der Waals surface area contributed by atoms with Crippen LogP contribution in [-0.2, 0) is 11.0 Å². The molecule has 0 unspecified atom stereocenters. The van der Waals surface area contributed by atoms with E-state index in [-0.39, 0.29) is 17.7 Å². The highest BCUT2D eigenvalue weighted by atomic mass is 19.4. The van der Waals surface area contributed by atoms with Crippen LogP contribution in [0.4, 0.5) is 13.2 Å². The molecule has 3 nitrogen and oxygen atoms in total. The van der Waals surface area contributed by atoms with E-state index in [4.69, 9.17) is 0 Å². The standard InChI is InChI=1S/C17H21F3N2O/c1-21-9-11-6-7-22(10-11)16(23)15-8-14(15)12-2-4-13(5-3-12)17(18,19)20/h2-5,11,14-15,21H,6-10H2,1H3/t11-,14-,15+/m0/s1. The number of carbonyl (C=O) groups excluding carboxylic acids is 1. The predicted molar refractivity (Wildman–Crippen MR) is 80.9 cm³/mol. The normalized spacial score (nSPS) is 27.3. The fourth-order valence-corrected chi connectivity index (χ4v) is 3.48. The number of rotatable bonds is 4. The molecule has 0 radical (unpaired) electrons. The Morgan fingerprint density at radius 1 is 1.30 bits per heavy atom. The van der Waals surface area contributed by atoms with Gasteiger partial charge in [0.05, 0.1) is 5.56 Å². The van der Waals surface area contributed by atoms with E-state index in [1.165, 1.54) is 12.1 Å². The zero-order valence-electron chi connectivity index (χ0n) is 13.1. The van der Waals surface area contributed by atoms with Crippen molar-refractivity contribution < 1.29 is 18.0 Å². The van der Waals surface area contributed by atoms with Crippen LogP contribution in [0.2, 0.25) is 0 Å². The van der Waals surface area contributed by atoms with Gasteiger partial charge < -0.3 is 10.2 Å². The van der Waals surface area contributed by atoms with Gasteiger partial charge in [-0.2, -0.15) is 13.2 Å². The number of nitrogens with zero attached hydrogens (tertiary/aromatic N) is 1. The highest BCUT2D eigenvalue weighted by Gasteiger charge is 2.46. The molecule has 1 heterocycles. The lowest BCUT2D eigenvalue weighted by atomic mass is 10.1. The van der Waals surface area contributed by atoms with Crippen molar-refractivity contribution in [3.05, 3.63) is 35.4 Å². The quantitative estimate of drug-likeness (QED) is 0.923. The van der Waals surface area contributed by atoms with E-state index in [9.17, 15) is 18.0 Å². The number of halogens is 3. The first-order valence-electron chi connectivity index (χ1n) is 8.00. The Labute approximate surface area is 133 Å². The summed E-state index contributed by atoms with van der Waals surface area (Å²) in [6.07, 6.45) is -2.54. The monoisotopic (exact) mass is 326 g/mol. The summed E-state index contributed by atoms with van der Waals surface area (Å²) in [6, 6.07) is 5.23. The molecule has 0 bridgehead atoms. The van der Waals surface area contributed by atoms with Gasteiger partial charge in [-0.3, -0.25) is 4.79 Å². The highest BCUT2D eigenvalue weighted by Crippen LogP contribution is 2.49. The van der Waals surface area contributed by atoms with Crippen molar-refractivity contribution in [1.82, 2.24) is 10.2 Å². The molecule has 1 aromatic carbocycles. The Balaban J connectivity index is 1.58. The van der Waals surface area contributed by atoms with Gasteiger partial charge >= 0.3 is 6.18 Å². The van der Waals surface area contributed by atoms with Crippen LogP contribution in [0.25, 0.3) is 0 Å². The molecule has 1 amide bonds. The first kappa shape index (κ1) is 16.3. The molecule has 1 saturated carbocycles. The maximum absolute atomic E-state index is 12.6. The number of amides is 1. The van der Waals surface area contributed by atoms with E-state index in [2.05, 4.69) is 5.32 Å². The van der Waals surface area contributed by atoms with E-state index < -0.39 is 11.7 Å². The largest absolute Gasteiger partial charge is 0.416 e. The number of likely N-dealkylation sites (tertiary alicyclic amines) is 1. The zero-order valence-corrected chi connectivity index (χ0v) is 13.1. The molecule has 6 heteroatoms. The second-order valence-electron chi connectivity index (χ2n) is 6.57. The second-order valence-corrected chi connectivity index (χ2v) is 6.57. The van der Waals surface area contributed by atoms with E-state index in [0.29, 0.717) is 5.92 Å². The van der Waals surface area contributed by atoms with Crippen LogP contribution in [0.5, 0.6) is 0 Å². The van der Waals surface area contributed by atoms with Gasteiger partial charge in [0.15, 0.2) is 0 Å². The molecular formula is C17H21F3N2O. The Hall–Kier alpha value is -1.56. The molecule has 1 N–H and O–H groups in total. The van der Waals surface area contributed by atoms with Gasteiger partial charge in [0.1, 0.15) is 0 Å². The third-order valence-corrected chi connectivity index (χ3v) is 4.86. The maximum Gasteiger partial charge on any atom is 0.416 e. The predicted octanol–water partition coefficient (Wildman–Crippen LogP) is 2.88. The molecule has 3 atom stereocenters. The smallest absolute Gasteiger partial charge is 0.342 e. The number of carbonyl (C=O) groups is 1. The minimum atomic E-state index is -4.31. The number of hydrogen-bond acceptors (Lipinski definition) is 2. The average Bonchev–Trinajstić information content (AvgIpc) is 3.18. The first-order chi connectivity index (χ1) is 10.9. The third kappa shape index (κ3) is 3.52. The lowest BCUT2D eigenvalue weighted by Crippen LogP contribution is -2.31. The van der Waals surface area contributed by atoms with Gasteiger partial charge in [0.25, 0.3) is 0 Å². The van der Waals surface area contributed by atoms with E-state index in [1.807, 2.05) is 11.9 Å². The summed E-state index contributed by atoms with van der Waals surface area (Å²) in [7, 11) is 1.91. The van der Waals surface area contributed by atoms with Gasteiger partial charge in [-0.05, 0) is 56.0 Å². The molecule has 1 aliphatic heterocycles. The summed E-state index contributed by atoms with van der Waals surface area (Å²) in [4.78, 5) is 14.4. The summed E-state index contributed by atoms with van der Waals surface area (Å²) in [5.74, 6) is 0.689. The van der Waals surface area contributed by atoms with Crippen LogP contribution < -0.4 is 5.32 Å². The Morgan fingerprint density at radius 2 is 2.00 bits per heavy atom. The van der Waals surface area contributed by atoms with Crippen LogP contribution in [0.1, 0.15) is 29.9 Å². The van der Waals surface area contributed by atoms with Crippen molar-refractivity contribution >= 4 is 5.91 Å². The van der Waals surface area contributed by atoms with E-state index in [1.54, 1.807) is 0 Å². The summed E-state index contributed by atoms with van der Waals surface area (Å²) >= 11 is 0. The van der Waals surface area contributed by atoms with Crippen molar-refractivity contribution in [2.24, 2.45) is 11.8 Å². The molecule has 0 spiro atoms. The lowest BCUT2D eigenvalue weighted by molar-refractivity contribution is -0.137. The fraction of sp³-hybridized carbons (Fsp3) is 0.588. The van der Waals surface area contributed by atoms with Gasteiger partial charge in [-0.25, -0.2) is 0 Å². The Bertz CT molecular complexity index is 570. The van der Waals surface area contributed by atoms with Crippen LogP contribution in [0, 0.1) is 11.8 Å². The van der Waals surface area contributed by atoms with Crippen LogP contribution in [0.15, 0.2) is 24.3 Å². The molecule has 3 rings (SSSR count). The maximum atomic E-state index is 12.6. The minimum Gasteiger partial charge on any atom is -0.342 e. The van der Waals surface area contributed by atoms with Gasteiger partial charge in [-0.1, -0.05) is 12.1 Å². The first-order valence-corrected chi connectivity index (χ1v) is 8.00. The Morgan fingerprint density at radius 3 is 2.61 bits per heavy atom. The van der Waals surface area contributed by atoms with Crippen molar-refractivity contribution in [2.45, 2.75) is 24.9 Å². The molecule has 2 aliphatic rings. The summed E-state index contributed by atoms with van der Waals surface area (Å²) < 4.78 is 37.7. The summed E-state index contributed by atoms with van der Waals surface area (Å²) in [6.45, 7) is 2.49. The molecular weight excluding hydrogens is 305 g/mol. The molecule has 0 aromatic heterocycles. The molecule has 126 valence electrons. The molecule has 1 aromatic rings. The minimum absolute atomic E-state index is 0.0555. The number of nitrogens with one attached hydrogen (secondary N) is 1. The second kappa shape index (κ2) is 6.15. The number of benzene rings is 1. The van der Waals surface area contributed by atoms with E-state index >= 15 is 0 Å². The van der Waals surface area contributed by atoms with E-state index in [0.717, 1.165) is 50.2 Å². The highest BCUT2D eigenvalue weighted by molar-refractivity contribution is 5.83. The third-order valence-electron chi connectivity index (χ3n) is 4.86. The van der Waals surface area contributed by atoms with Crippen LogP contribution >= 0.6 is 0 Å². The SMILES string of the molecule is CNC[C@@H]1CCN(C(=O)[C@@H]2C[C@H]2c2ccc(C(F)(F)F)cc2)C1. The van der Waals surface area contributed by atoms with Crippen molar-refractivity contribution in [3.8, 4) is 0 Å². The van der Waals surface area contributed by atoms with Gasteiger partial charge in [-0.15, -0.1) is 0 Å². The van der Waals surface area contributed by atoms with Gasteiger partial charge in [0.2, 0.25) is 5.91 Å². The van der Waals surface area contributed by atoms with Crippen LogP contribution in [0.3, 0.4) is 0 Å².